The molecule has 0 aliphatic heterocycles. The van der Waals surface area contributed by atoms with Crippen molar-refractivity contribution in [3.63, 3.8) is 0 Å². The summed E-state index contributed by atoms with van der Waals surface area (Å²) in [6, 6.07) is 4.11. The minimum Gasteiger partial charge on any atom is -0.313 e. The Morgan fingerprint density at radius 3 is 2.88 bits per heavy atom. The van der Waals surface area contributed by atoms with Crippen LogP contribution in [0.15, 0.2) is 30.7 Å². The van der Waals surface area contributed by atoms with Gasteiger partial charge >= 0.3 is 0 Å². The van der Waals surface area contributed by atoms with Gasteiger partial charge in [0, 0.05) is 25.1 Å². The van der Waals surface area contributed by atoms with Gasteiger partial charge < -0.3 is 5.32 Å². The van der Waals surface area contributed by atoms with Crippen LogP contribution < -0.4 is 5.32 Å². The van der Waals surface area contributed by atoms with E-state index in [-0.39, 0.29) is 0 Å². The number of hydrogen-bond donors (Lipinski definition) is 1. The molecular formula is C12H16N4. The first-order valence-electron chi connectivity index (χ1n) is 5.47. The molecule has 4 heteroatoms. The first-order valence-corrected chi connectivity index (χ1v) is 5.47. The maximum absolute atomic E-state index is 4.35. The van der Waals surface area contributed by atoms with Crippen LogP contribution in [0.25, 0.3) is 5.82 Å². The molecule has 0 bridgehead atoms. The van der Waals surface area contributed by atoms with Gasteiger partial charge in [0.1, 0.15) is 11.6 Å². The Balaban J connectivity index is 2.26. The largest absolute Gasteiger partial charge is 0.313 e. The van der Waals surface area contributed by atoms with E-state index in [2.05, 4.69) is 28.3 Å². The highest BCUT2D eigenvalue weighted by molar-refractivity contribution is 5.29. The fraction of sp³-hybridized carbons (Fsp3) is 0.333. The maximum atomic E-state index is 4.35. The molecule has 2 aromatic heterocycles. The Labute approximate surface area is 95.4 Å². The molecule has 0 radical (unpaired) electrons. The number of aromatic nitrogens is 3. The second-order valence-electron chi connectivity index (χ2n) is 3.65. The SMILES string of the molecule is CCNCc1ccnc(-n2ccnc2C)c1. The smallest absolute Gasteiger partial charge is 0.138 e. The van der Waals surface area contributed by atoms with Gasteiger partial charge in [-0.05, 0) is 31.2 Å². The third-order valence-corrected chi connectivity index (χ3v) is 2.46. The van der Waals surface area contributed by atoms with Crippen LogP contribution in [0.5, 0.6) is 0 Å². The van der Waals surface area contributed by atoms with Crippen molar-refractivity contribution >= 4 is 0 Å². The Kier molecular flexibility index (Phi) is 3.31. The van der Waals surface area contributed by atoms with Crippen molar-refractivity contribution in [1.82, 2.24) is 19.9 Å². The summed E-state index contributed by atoms with van der Waals surface area (Å²) in [7, 11) is 0. The summed E-state index contributed by atoms with van der Waals surface area (Å²) < 4.78 is 1.98. The Bertz CT molecular complexity index is 462. The molecular weight excluding hydrogens is 200 g/mol. The molecule has 4 nitrogen and oxygen atoms in total. The standard InChI is InChI=1S/C12H16N4/c1-3-13-9-11-4-5-15-12(8-11)16-7-6-14-10(16)2/h4-8,13H,3,9H2,1-2H3. The molecule has 0 amide bonds. The second kappa shape index (κ2) is 4.90. The van der Waals surface area contributed by atoms with Crippen molar-refractivity contribution in [3.8, 4) is 5.82 Å². The number of nitrogens with one attached hydrogen (secondary N) is 1. The molecule has 0 saturated carbocycles. The van der Waals surface area contributed by atoms with E-state index < -0.39 is 0 Å². The summed E-state index contributed by atoms with van der Waals surface area (Å²) in [5.41, 5.74) is 1.24. The predicted molar refractivity (Wildman–Crippen MR) is 63.5 cm³/mol. The quantitative estimate of drug-likeness (QED) is 0.845. The fourth-order valence-corrected chi connectivity index (χ4v) is 1.59. The lowest BCUT2D eigenvalue weighted by atomic mass is 10.2. The summed E-state index contributed by atoms with van der Waals surface area (Å²) in [5.74, 6) is 1.87. The highest BCUT2D eigenvalue weighted by atomic mass is 15.1. The lowest BCUT2D eigenvalue weighted by Crippen LogP contribution is -2.12. The van der Waals surface area contributed by atoms with Gasteiger partial charge in [0.25, 0.3) is 0 Å². The molecule has 2 rings (SSSR count). The third kappa shape index (κ3) is 2.28. The number of aryl methyl sites for hydroxylation is 1. The number of hydrogen-bond acceptors (Lipinski definition) is 3. The van der Waals surface area contributed by atoms with Crippen LogP contribution in [0.4, 0.5) is 0 Å². The molecule has 0 saturated heterocycles. The predicted octanol–water partition coefficient (Wildman–Crippen LogP) is 1.69. The lowest BCUT2D eigenvalue weighted by molar-refractivity contribution is 0.724. The van der Waals surface area contributed by atoms with Crippen molar-refractivity contribution < 1.29 is 0 Å². The van der Waals surface area contributed by atoms with Gasteiger partial charge in [0.2, 0.25) is 0 Å². The van der Waals surface area contributed by atoms with Crippen molar-refractivity contribution in [2.75, 3.05) is 6.54 Å². The van der Waals surface area contributed by atoms with Crippen LogP contribution in [0.1, 0.15) is 18.3 Å². The van der Waals surface area contributed by atoms with Gasteiger partial charge in [-0.1, -0.05) is 6.92 Å². The summed E-state index contributed by atoms with van der Waals surface area (Å²) in [6.45, 7) is 5.92. The molecule has 0 atom stereocenters. The molecule has 2 aromatic rings. The van der Waals surface area contributed by atoms with Gasteiger partial charge in [-0.2, -0.15) is 0 Å². The monoisotopic (exact) mass is 216 g/mol. The zero-order chi connectivity index (χ0) is 11.4. The van der Waals surface area contributed by atoms with Crippen LogP contribution in [-0.4, -0.2) is 21.1 Å². The van der Waals surface area contributed by atoms with E-state index in [0.29, 0.717) is 0 Å². The van der Waals surface area contributed by atoms with Crippen LogP contribution >= 0.6 is 0 Å². The number of imidazole rings is 1. The highest BCUT2D eigenvalue weighted by Gasteiger charge is 2.02. The Morgan fingerprint density at radius 1 is 1.31 bits per heavy atom. The molecule has 2 heterocycles. The molecule has 0 unspecified atom stereocenters. The van der Waals surface area contributed by atoms with Crippen molar-refractivity contribution in [2.45, 2.75) is 20.4 Å². The lowest BCUT2D eigenvalue weighted by Gasteiger charge is -2.06. The maximum Gasteiger partial charge on any atom is 0.138 e. The fourth-order valence-electron chi connectivity index (χ4n) is 1.59. The minimum atomic E-state index is 0.875. The van der Waals surface area contributed by atoms with Gasteiger partial charge in [0.15, 0.2) is 0 Å². The first-order chi connectivity index (χ1) is 7.81. The minimum absolute atomic E-state index is 0.875. The number of pyridine rings is 1. The van der Waals surface area contributed by atoms with Crippen LogP contribution in [0.3, 0.4) is 0 Å². The van der Waals surface area contributed by atoms with Crippen molar-refractivity contribution in [1.29, 1.82) is 0 Å². The molecule has 84 valence electrons. The van der Waals surface area contributed by atoms with Crippen molar-refractivity contribution in [2.24, 2.45) is 0 Å². The first kappa shape index (κ1) is 10.8. The van der Waals surface area contributed by atoms with E-state index in [0.717, 1.165) is 24.7 Å². The van der Waals surface area contributed by atoms with E-state index in [4.69, 9.17) is 0 Å². The van der Waals surface area contributed by atoms with E-state index in [1.807, 2.05) is 30.0 Å². The summed E-state index contributed by atoms with van der Waals surface area (Å²) in [5, 5.41) is 3.30. The zero-order valence-electron chi connectivity index (χ0n) is 9.64. The van der Waals surface area contributed by atoms with E-state index in [9.17, 15) is 0 Å². The van der Waals surface area contributed by atoms with E-state index in [1.165, 1.54) is 5.56 Å². The van der Waals surface area contributed by atoms with Crippen LogP contribution in [0.2, 0.25) is 0 Å². The van der Waals surface area contributed by atoms with Crippen molar-refractivity contribution in [3.05, 3.63) is 42.1 Å². The number of nitrogens with zero attached hydrogens (tertiary/aromatic N) is 3. The van der Waals surface area contributed by atoms with Crippen LogP contribution in [-0.2, 0) is 6.54 Å². The molecule has 0 aliphatic rings. The van der Waals surface area contributed by atoms with Crippen LogP contribution in [0, 0.1) is 6.92 Å². The van der Waals surface area contributed by atoms with E-state index in [1.54, 1.807) is 6.20 Å². The molecule has 16 heavy (non-hydrogen) atoms. The molecule has 0 spiro atoms. The molecule has 0 aromatic carbocycles. The average Bonchev–Trinajstić information content (AvgIpc) is 2.73. The Hall–Kier alpha value is -1.68. The van der Waals surface area contributed by atoms with Gasteiger partial charge in [-0.25, -0.2) is 9.97 Å². The molecule has 0 fully saturated rings. The molecule has 1 N–H and O–H groups in total. The third-order valence-electron chi connectivity index (χ3n) is 2.46. The van der Waals surface area contributed by atoms with Gasteiger partial charge in [0.05, 0.1) is 0 Å². The van der Waals surface area contributed by atoms with E-state index >= 15 is 0 Å². The zero-order valence-corrected chi connectivity index (χ0v) is 9.64. The normalized spacial score (nSPS) is 10.6. The van der Waals surface area contributed by atoms with Gasteiger partial charge in [-0.15, -0.1) is 0 Å². The topological polar surface area (TPSA) is 42.7 Å². The number of rotatable bonds is 4. The molecule has 0 aliphatic carbocycles. The van der Waals surface area contributed by atoms with Gasteiger partial charge in [-0.3, -0.25) is 4.57 Å². The summed E-state index contributed by atoms with van der Waals surface area (Å²) >= 11 is 0. The Morgan fingerprint density at radius 2 is 2.19 bits per heavy atom. The summed E-state index contributed by atoms with van der Waals surface area (Å²) in [6.07, 6.45) is 5.55. The second-order valence-corrected chi connectivity index (χ2v) is 3.65. The average molecular weight is 216 g/mol. The summed E-state index contributed by atoms with van der Waals surface area (Å²) in [4.78, 5) is 8.54. The highest BCUT2D eigenvalue weighted by Crippen LogP contribution is 2.09.